The van der Waals surface area contributed by atoms with E-state index in [1.165, 1.54) is 17.0 Å². The van der Waals surface area contributed by atoms with Crippen molar-refractivity contribution in [3.63, 3.8) is 0 Å². The third kappa shape index (κ3) is 4.66. The lowest BCUT2D eigenvalue weighted by atomic mass is 10.1. The highest BCUT2D eigenvalue weighted by molar-refractivity contribution is 6.31. The number of nitrogens with one attached hydrogen (secondary N) is 1. The van der Waals surface area contributed by atoms with Crippen LogP contribution in [0, 0.1) is 5.82 Å². The van der Waals surface area contributed by atoms with Gasteiger partial charge in [0.05, 0.1) is 19.1 Å². The molecule has 1 aliphatic heterocycles. The van der Waals surface area contributed by atoms with Gasteiger partial charge in [0.2, 0.25) is 11.8 Å². The molecule has 132 valence electrons. The van der Waals surface area contributed by atoms with Crippen LogP contribution < -0.4 is 5.32 Å². The molecule has 0 spiro atoms. The molecule has 0 radical (unpaired) electrons. The molecule has 1 fully saturated rings. The summed E-state index contributed by atoms with van der Waals surface area (Å²) in [5.74, 6) is -0.857. The van der Waals surface area contributed by atoms with Gasteiger partial charge >= 0.3 is 0 Å². The number of piperazine rings is 1. The number of hydrogen-bond donors (Lipinski definition) is 2. The highest BCUT2D eigenvalue weighted by atomic mass is 35.5. The number of likely N-dealkylation sites (N-methyl/N-ethyl adjacent to an activating group) is 1. The van der Waals surface area contributed by atoms with Crippen LogP contribution in [0.2, 0.25) is 5.02 Å². The molecular weight excluding hydrogens is 337 g/mol. The molecule has 0 aliphatic carbocycles. The minimum Gasteiger partial charge on any atom is -0.395 e. The smallest absolute Gasteiger partial charge is 0.237 e. The highest BCUT2D eigenvalue weighted by Gasteiger charge is 2.32. The Labute approximate surface area is 145 Å². The summed E-state index contributed by atoms with van der Waals surface area (Å²) in [7, 11) is 1.58. The lowest BCUT2D eigenvalue weighted by Crippen LogP contribution is -2.56. The highest BCUT2D eigenvalue weighted by Crippen LogP contribution is 2.21. The number of carbonyl (C=O) groups is 2. The maximum atomic E-state index is 13.2. The fraction of sp³-hybridized carbons (Fsp3) is 0.500. The van der Waals surface area contributed by atoms with Crippen molar-refractivity contribution in [2.24, 2.45) is 0 Å². The van der Waals surface area contributed by atoms with Crippen LogP contribution in [0.1, 0.15) is 12.0 Å². The van der Waals surface area contributed by atoms with Gasteiger partial charge in [0.25, 0.3) is 0 Å². The predicted molar refractivity (Wildman–Crippen MR) is 88.0 cm³/mol. The molecule has 1 aliphatic rings. The van der Waals surface area contributed by atoms with E-state index in [9.17, 15) is 14.0 Å². The molecule has 1 aromatic carbocycles. The predicted octanol–water partition coefficient (Wildman–Crippen LogP) is 0.620. The second-order valence-corrected chi connectivity index (χ2v) is 6.16. The Morgan fingerprint density at radius 1 is 1.54 bits per heavy atom. The van der Waals surface area contributed by atoms with Gasteiger partial charge in [0, 0.05) is 38.2 Å². The second-order valence-electron chi connectivity index (χ2n) is 5.76. The van der Waals surface area contributed by atoms with Crippen molar-refractivity contribution in [3.05, 3.63) is 34.6 Å². The van der Waals surface area contributed by atoms with Crippen molar-refractivity contribution in [1.82, 2.24) is 15.1 Å². The number of carbonyl (C=O) groups excluding carboxylic acids is 2. The van der Waals surface area contributed by atoms with Crippen LogP contribution in [0.5, 0.6) is 0 Å². The number of aliphatic hydroxyl groups is 1. The van der Waals surface area contributed by atoms with Crippen LogP contribution in [-0.2, 0) is 16.1 Å². The van der Waals surface area contributed by atoms with Gasteiger partial charge in [-0.1, -0.05) is 17.7 Å². The van der Waals surface area contributed by atoms with E-state index in [2.05, 4.69) is 5.32 Å². The van der Waals surface area contributed by atoms with Crippen molar-refractivity contribution in [2.45, 2.75) is 19.0 Å². The summed E-state index contributed by atoms with van der Waals surface area (Å²) < 4.78 is 13.2. The first-order chi connectivity index (χ1) is 11.4. The van der Waals surface area contributed by atoms with Crippen LogP contribution in [0.15, 0.2) is 18.2 Å². The van der Waals surface area contributed by atoms with Crippen LogP contribution >= 0.6 is 11.6 Å². The standard InChI is InChI=1S/C16H21ClFN3O3/c1-20(6-7-22)15(23)9-14-16(24)19-4-5-21(14)10-11-2-3-12(18)8-13(11)17/h2-3,8,14,22H,4-7,9-10H2,1H3,(H,19,24). The molecule has 1 heterocycles. The van der Waals surface area contributed by atoms with Gasteiger partial charge in [-0.15, -0.1) is 0 Å². The van der Waals surface area contributed by atoms with E-state index < -0.39 is 11.9 Å². The molecule has 0 bridgehead atoms. The van der Waals surface area contributed by atoms with Gasteiger partial charge in [-0.05, 0) is 17.7 Å². The van der Waals surface area contributed by atoms with Gasteiger partial charge in [0.1, 0.15) is 5.82 Å². The Hall–Kier alpha value is -1.70. The first-order valence-electron chi connectivity index (χ1n) is 7.73. The lowest BCUT2D eigenvalue weighted by molar-refractivity contribution is -0.138. The molecule has 1 unspecified atom stereocenters. The number of rotatable bonds is 6. The van der Waals surface area contributed by atoms with Gasteiger partial charge in [0.15, 0.2) is 0 Å². The first-order valence-corrected chi connectivity index (χ1v) is 8.10. The monoisotopic (exact) mass is 357 g/mol. The molecule has 2 amide bonds. The number of amides is 2. The molecule has 0 aromatic heterocycles. The summed E-state index contributed by atoms with van der Waals surface area (Å²) in [5, 5.41) is 12.0. The van der Waals surface area contributed by atoms with Crippen LogP contribution in [0.3, 0.4) is 0 Å². The van der Waals surface area contributed by atoms with E-state index in [0.717, 1.165) is 0 Å². The molecule has 1 aromatic rings. The largest absolute Gasteiger partial charge is 0.395 e. The summed E-state index contributed by atoms with van der Waals surface area (Å²) in [5.41, 5.74) is 0.703. The summed E-state index contributed by atoms with van der Waals surface area (Å²) in [6.45, 7) is 1.50. The van der Waals surface area contributed by atoms with E-state index in [-0.39, 0.29) is 31.4 Å². The summed E-state index contributed by atoms with van der Waals surface area (Å²) >= 11 is 6.06. The molecule has 8 heteroatoms. The zero-order chi connectivity index (χ0) is 17.7. The topological polar surface area (TPSA) is 72.9 Å². The summed E-state index contributed by atoms with van der Waals surface area (Å²) in [6.07, 6.45) is 0.0150. The SMILES string of the molecule is CN(CCO)C(=O)CC1C(=O)NCCN1Cc1ccc(F)cc1Cl. The Morgan fingerprint density at radius 2 is 2.29 bits per heavy atom. The average Bonchev–Trinajstić information content (AvgIpc) is 2.53. The number of hydrogen-bond acceptors (Lipinski definition) is 4. The fourth-order valence-corrected chi connectivity index (χ4v) is 2.86. The molecule has 1 saturated heterocycles. The van der Waals surface area contributed by atoms with E-state index in [0.29, 0.717) is 30.2 Å². The second kappa shape index (κ2) is 8.41. The molecule has 2 N–H and O–H groups in total. The molecule has 24 heavy (non-hydrogen) atoms. The van der Waals surface area contributed by atoms with Crippen molar-refractivity contribution in [1.29, 1.82) is 0 Å². The average molecular weight is 358 g/mol. The van der Waals surface area contributed by atoms with Gasteiger partial charge < -0.3 is 15.3 Å². The van der Waals surface area contributed by atoms with Crippen LogP contribution in [-0.4, -0.2) is 66.1 Å². The van der Waals surface area contributed by atoms with Gasteiger partial charge in [-0.2, -0.15) is 0 Å². The quantitative estimate of drug-likeness (QED) is 0.783. The zero-order valence-corrected chi connectivity index (χ0v) is 14.2. The van der Waals surface area contributed by atoms with Crippen molar-refractivity contribution >= 4 is 23.4 Å². The van der Waals surface area contributed by atoms with E-state index >= 15 is 0 Å². The third-order valence-corrected chi connectivity index (χ3v) is 4.41. The van der Waals surface area contributed by atoms with Gasteiger partial charge in [-0.25, -0.2) is 4.39 Å². The van der Waals surface area contributed by atoms with E-state index in [1.807, 2.05) is 4.90 Å². The molecule has 2 rings (SSSR count). The number of aliphatic hydroxyl groups excluding tert-OH is 1. The van der Waals surface area contributed by atoms with E-state index in [1.54, 1.807) is 13.1 Å². The van der Waals surface area contributed by atoms with Crippen molar-refractivity contribution in [3.8, 4) is 0 Å². The fourth-order valence-electron chi connectivity index (χ4n) is 2.64. The normalized spacial score (nSPS) is 18.3. The molecule has 1 atom stereocenters. The number of halogens is 2. The number of benzene rings is 1. The van der Waals surface area contributed by atoms with Crippen LogP contribution in [0.25, 0.3) is 0 Å². The Morgan fingerprint density at radius 3 is 2.96 bits per heavy atom. The Kier molecular flexibility index (Phi) is 6.53. The minimum absolute atomic E-state index is 0.0150. The summed E-state index contributed by atoms with van der Waals surface area (Å²) in [6, 6.07) is 3.52. The third-order valence-electron chi connectivity index (χ3n) is 4.06. The van der Waals surface area contributed by atoms with Crippen molar-refractivity contribution in [2.75, 3.05) is 33.3 Å². The zero-order valence-electron chi connectivity index (χ0n) is 13.5. The molecular formula is C16H21ClFN3O3. The van der Waals surface area contributed by atoms with Crippen LogP contribution in [0.4, 0.5) is 4.39 Å². The Balaban J connectivity index is 2.10. The van der Waals surface area contributed by atoms with E-state index in [4.69, 9.17) is 16.7 Å². The lowest BCUT2D eigenvalue weighted by Gasteiger charge is -2.35. The number of nitrogens with zero attached hydrogens (tertiary/aromatic N) is 2. The molecule has 6 nitrogen and oxygen atoms in total. The minimum atomic E-state index is -0.617. The maximum absolute atomic E-state index is 13.2. The maximum Gasteiger partial charge on any atom is 0.237 e. The van der Waals surface area contributed by atoms with Gasteiger partial charge in [-0.3, -0.25) is 14.5 Å². The Bertz CT molecular complexity index is 614. The van der Waals surface area contributed by atoms with Crippen molar-refractivity contribution < 1.29 is 19.1 Å². The molecule has 0 saturated carbocycles. The first kappa shape index (κ1) is 18.6. The summed E-state index contributed by atoms with van der Waals surface area (Å²) in [4.78, 5) is 27.6.